The molecule has 0 fully saturated rings. The summed E-state index contributed by atoms with van der Waals surface area (Å²) >= 11 is 1.50. The lowest BCUT2D eigenvalue weighted by molar-refractivity contribution is -0.116. The molecule has 19 heavy (non-hydrogen) atoms. The van der Waals surface area contributed by atoms with Gasteiger partial charge in [0, 0.05) is 12.2 Å². The Morgan fingerprint density at radius 1 is 1.42 bits per heavy atom. The summed E-state index contributed by atoms with van der Waals surface area (Å²) < 4.78 is 5.09. The lowest BCUT2D eigenvalue weighted by atomic mass is 10.2. The van der Waals surface area contributed by atoms with Gasteiger partial charge in [-0.3, -0.25) is 4.79 Å². The van der Waals surface area contributed by atoms with Crippen molar-refractivity contribution in [2.24, 2.45) is 0 Å². The van der Waals surface area contributed by atoms with E-state index in [1.807, 2.05) is 12.1 Å². The first-order chi connectivity index (χ1) is 9.25. The Balaban J connectivity index is 1.69. The first-order valence-corrected chi connectivity index (χ1v) is 6.91. The van der Waals surface area contributed by atoms with Gasteiger partial charge in [-0.05, 0) is 18.6 Å². The van der Waals surface area contributed by atoms with Gasteiger partial charge in [0.2, 0.25) is 5.91 Å². The van der Waals surface area contributed by atoms with Crippen LogP contribution in [0.3, 0.4) is 0 Å². The van der Waals surface area contributed by atoms with Gasteiger partial charge in [0.25, 0.3) is 5.22 Å². The molecule has 2 aromatic rings. The Bertz CT molecular complexity index is 528. The second-order valence-corrected chi connectivity index (χ2v) is 4.93. The van der Waals surface area contributed by atoms with Gasteiger partial charge >= 0.3 is 0 Å². The van der Waals surface area contributed by atoms with Gasteiger partial charge in [-0.1, -0.05) is 23.9 Å². The van der Waals surface area contributed by atoms with E-state index in [4.69, 9.17) is 10.2 Å². The molecule has 1 aromatic carbocycles. The lowest BCUT2D eigenvalue weighted by Crippen LogP contribution is -2.12. The van der Waals surface area contributed by atoms with Crippen LogP contribution in [-0.2, 0) is 4.79 Å². The summed E-state index contributed by atoms with van der Waals surface area (Å²) in [5.41, 5.74) is 6.98. The van der Waals surface area contributed by atoms with Gasteiger partial charge in [0.1, 0.15) is 6.26 Å². The maximum atomic E-state index is 11.7. The smallest absolute Gasteiger partial charge is 0.255 e. The Kier molecular flexibility index (Phi) is 4.85. The molecular weight excluding hydrogens is 262 g/mol. The molecule has 0 saturated heterocycles. The van der Waals surface area contributed by atoms with Gasteiger partial charge in [-0.15, -0.1) is 0 Å². The van der Waals surface area contributed by atoms with E-state index in [9.17, 15) is 4.79 Å². The number of oxazole rings is 1. The number of carbonyl (C=O) groups excluding carboxylic acids is 1. The first kappa shape index (κ1) is 13.5. The quantitative estimate of drug-likeness (QED) is 0.482. The molecule has 0 spiro atoms. The second kappa shape index (κ2) is 6.84. The number of benzene rings is 1. The van der Waals surface area contributed by atoms with Crippen LogP contribution >= 0.6 is 11.8 Å². The molecule has 6 heteroatoms. The number of thioether (sulfide) groups is 1. The summed E-state index contributed by atoms with van der Waals surface area (Å²) in [4.78, 5) is 15.7. The van der Waals surface area contributed by atoms with E-state index >= 15 is 0 Å². The van der Waals surface area contributed by atoms with E-state index in [2.05, 4.69) is 10.3 Å². The number of nitrogens with zero attached hydrogens (tertiary/aromatic N) is 1. The van der Waals surface area contributed by atoms with Crippen LogP contribution in [0.25, 0.3) is 0 Å². The molecule has 0 aliphatic heterocycles. The molecule has 1 amide bonds. The fourth-order valence-electron chi connectivity index (χ4n) is 1.50. The Morgan fingerprint density at radius 3 is 3.00 bits per heavy atom. The van der Waals surface area contributed by atoms with Crippen LogP contribution < -0.4 is 11.1 Å². The van der Waals surface area contributed by atoms with Crippen molar-refractivity contribution < 1.29 is 9.21 Å². The third kappa shape index (κ3) is 4.33. The van der Waals surface area contributed by atoms with Crippen LogP contribution in [0.5, 0.6) is 0 Å². The summed E-state index contributed by atoms with van der Waals surface area (Å²) in [5, 5.41) is 3.42. The number of para-hydroxylation sites is 2. The molecule has 2 rings (SSSR count). The second-order valence-electron chi connectivity index (χ2n) is 3.89. The van der Waals surface area contributed by atoms with Crippen molar-refractivity contribution in [1.29, 1.82) is 0 Å². The van der Waals surface area contributed by atoms with Crippen LogP contribution in [0, 0.1) is 0 Å². The molecular formula is C13H15N3O2S. The molecule has 0 radical (unpaired) electrons. The van der Waals surface area contributed by atoms with Crippen molar-refractivity contribution in [3.8, 4) is 0 Å². The first-order valence-electron chi connectivity index (χ1n) is 5.92. The predicted molar refractivity (Wildman–Crippen MR) is 75.9 cm³/mol. The summed E-state index contributed by atoms with van der Waals surface area (Å²) in [6, 6.07) is 7.21. The summed E-state index contributed by atoms with van der Waals surface area (Å²) in [6.07, 6.45) is 4.34. The van der Waals surface area contributed by atoms with Crippen molar-refractivity contribution in [1.82, 2.24) is 4.98 Å². The van der Waals surface area contributed by atoms with E-state index in [0.717, 1.165) is 12.2 Å². The maximum Gasteiger partial charge on any atom is 0.255 e. The number of carbonyl (C=O) groups is 1. The van der Waals surface area contributed by atoms with Crippen molar-refractivity contribution in [2.75, 3.05) is 16.8 Å². The number of amides is 1. The van der Waals surface area contributed by atoms with Crippen molar-refractivity contribution in [2.45, 2.75) is 18.1 Å². The van der Waals surface area contributed by atoms with Crippen LogP contribution in [0.2, 0.25) is 0 Å². The standard InChI is InChI=1S/C13H15N3O2S/c14-10-4-1-2-5-11(10)16-12(17)6-3-9-19-13-15-7-8-18-13/h1-2,4-5,7-8H,3,6,9,14H2,(H,16,17). The fraction of sp³-hybridized carbons (Fsp3) is 0.231. The molecule has 1 aromatic heterocycles. The molecule has 5 nitrogen and oxygen atoms in total. The zero-order valence-corrected chi connectivity index (χ0v) is 11.2. The number of anilines is 2. The van der Waals surface area contributed by atoms with Gasteiger partial charge in [-0.25, -0.2) is 4.98 Å². The van der Waals surface area contributed by atoms with E-state index in [-0.39, 0.29) is 5.91 Å². The van der Waals surface area contributed by atoms with Crippen LogP contribution in [-0.4, -0.2) is 16.6 Å². The average molecular weight is 277 g/mol. The summed E-state index contributed by atoms with van der Waals surface area (Å²) in [7, 11) is 0. The number of hydrogen-bond acceptors (Lipinski definition) is 5. The largest absolute Gasteiger partial charge is 0.440 e. The highest BCUT2D eigenvalue weighted by atomic mass is 32.2. The molecule has 1 heterocycles. The normalized spacial score (nSPS) is 10.3. The highest BCUT2D eigenvalue weighted by molar-refractivity contribution is 7.99. The average Bonchev–Trinajstić information content (AvgIpc) is 2.91. The van der Waals surface area contributed by atoms with Crippen LogP contribution in [0.1, 0.15) is 12.8 Å². The topological polar surface area (TPSA) is 81.1 Å². The molecule has 0 bridgehead atoms. The monoisotopic (exact) mass is 277 g/mol. The zero-order chi connectivity index (χ0) is 13.5. The van der Waals surface area contributed by atoms with Crippen LogP contribution in [0.4, 0.5) is 11.4 Å². The molecule has 3 N–H and O–H groups in total. The van der Waals surface area contributed by atoms with Gasteiger partial charge in [-0.2, -0.15) is 0 Å². The highest BCUT2D eigenvalue weighted by Crippen LogP contribution is 2.18. The highest BCUT2D eigenvalue weighted by Gasteiger charge is 2.05. The van der Waals surface area contributed by atoms with Gasteiger partial charge in [0.05, 0.1) is 17.6 Å². The lowest BCUT2D eigenvalue weighted by Gasteiger charge is -2.07. The number of rotatable bonds is 6. The third-order valence-corrected chi connectivity index (χ3v) is 3.36. The van der Waals surface area contributed by atoms with E-state index in [0.29, 0.717) is 23.0 Å². The number of aromatic nitrogens is 1. The van der Waals surface area contributed by atoms with E-state index in [1.54, 1.807) is 18.3 Å². The van der Waals surface area contributed by atoms with Gasteiger partial charge < -0.3 is 15.5 Å². The molecule has 0 saturated carbocycles. The Morgan fingerprint density at radius 2 is 2.26 bits per heavy atom. The van der Waals surface area contributed by atoms with Crippen molar-refractivity contribution >= 4 is 29.0 Å². The van der Waals surface area contributed by atoms with Crippen molar-refractivity contribution in [3.63, 3.8) is 0 Å². The fourth-order valence-corrected chi connectivity index (χ4v) is 2.22. The Hall–Kier alpha value is -1.95. The molecule has 100 valence electrons. The summed E-state index contributed by atoms with van der Waals surface area (Å²) in [6.45, 7) is 0. The Labute approximate surface area is 115 Å². The maximum absolute atomic E-state index is 11.7. The van der Waals surface area contributed by atoms with Crippen molar-refractivity contribution in [3.05, 3.63) is 36.7 Å². The van der Waals surface area contributed by atoms with E-state index < -0.39 is 0 Å². The van der Waals surface area contributed by atoms with Gasteiger partial charge in [0.15, 0.2) is 0 Å². The number of nitrogens with one attached hydrogen (secondary N) is 1. The minimum Gasteiger partial charge on any atom is -0.440 e. The third-order valence-electron chi connectivity index (χ3n) is 2.42. The molecule has 0 aliphatic rings. The summed E-state index contributed by atoms with van der Waals surface area (Å²) in [5.74, 6) is 0.754. The molecule has 0 unspecified atom stereocenters. The predicted octanol–water partition coefficient (Wildman–Crippen LogP) is 2.77. The minimum atomic E-state index is -0.0362. The van der Waals surface area contributed by atoms with E-state index in [1.165, 1.54) is 18.0 Å². The number of nitrogen functional groups attached to an aromatic ring is 1. The molecule has 0 aliphatic carbocycles. The van der Waals surface area contributed by atoms with Crippen LogP contribution in [0.15, 0.2) is 46.4 Å². The number of nitrogens with two attached hydrogens (primary N) is 1. The number of hydrogen-bond donors (Lipinski definition) is 2. The molecule has 0 atom stereocenters. The SMILES string of the molecule is Nc1ccccc1NC(=O)CCCSc1ncco1. The zero-order valence-electron chi connectivity index (χ0n) is 10.3. The minimum absolute atomic E-state index is 0.0362.